The second-order valence-corrected chi connectivity index (χ2v) is 7.43. The Morgan fingerprint density at radius 3 is 2.48 bits per heavy atom. The lowest BCUT2D eigenvalue weighted by atomic mass is 9.87. The molecule has 6 nitrogen and oxygen atoms in total. The number of carbonyl (C=O) groups is 1. The minimum Gasteiger partial charge on any atom is -0.502 e. The Labute approximate surface area is 186 Å². The number of benzene rings is 2. The highest BCUT2D eigenvalue weighted by Crippen LogP contribution is 2.32. The molecule has 0 saturated carbocycles. The number of amides is 1. The SMILES string of the molecule is CCCN(CCC(c1ccc(F)c(F)c1)c1ccc(F)cc1F)C(=O)c1[nH]ncc(=O)c1O. The topological polar surface area (TPSA) is 86.3 Å². The summed E-state index contributed by atoms with van der Waals surface area (Å²) >= 11 is 0. The van der Waals surface area contributed by atoms with Gasteiger partial charge in [0.25, 0.3) is 5.91 Å². The first-order chi connectivity index (χ1) is 15.7. The lowest BCUT2D eigenvalue weighted by Crippen LogP contribution is -2.35. The van der Waals surface area contributed by atoms with Crippen molar-refractivity contribution in [3.8, 4) is 5.75 Å². The van der Waals surface area contributed by atoms with Crippen molar-refractivity contribution in [3.05, 3.63) is 92.9 Å². The van der Waals surface area contributed by atoms with E-state index in [4.69, 9.17) is 0 Å². The number of rotatable bonds is 8. The zero-order valence-electron chi connectivity index (χ0n) is 17.6. The smallest absolute Gasteiger partial charge is 0.275 e. The molecule has 0 radical (unpaired) electrons. The van der Waals surface area contributed by atoms with E-state index in [1.807, 2.05) is 0 Å². The first-order valence-corrected chi connectivity index (χ1v) is 10.2. The van der Waals surface area contributed by atoms with Crippen molar-refractivity contribution < 1.29 is 27.5 Å². The molecule has 1 unspecified atom stereocenters. The highest BCUT2D eigenvalue weighted by atomic mass is 19.2. The van der Waals surface area contributed by atoms with Crippen LogP contribution in [0.1, 0.15) is 47.3 Å². The molecule has 1 amide bonds. The maximum absolute atomic E-state index is 14.6. The van der Waals surface area contributed by atoms with Crippen molar-refractivity contribution in [3.63, 3.8) is 0 Å². The van der Waals surface area contributed by atoms with E-state index in [1.54, 1.807) is 6.92 Å². The Hall–Kier alpha value is -3.69. The Morgan fingerprint density at radius 1 is 1.06 bits per heavy atom. The molecule has 1 atom stereocenters. The molecule has 3 aromatic rings. The summed E-state index contributed by atoms with van der Waals surface area (Å²) in [5.41, 5.74) is -0.945. The van der Waals surface area contributed by atoms with Gasteiger partial charge in [-0.25, -0.2) is 17.6 Å². The van der Waals surface area contributed by atoms with E-state index in [0.29, 0.717) is 12.5 Å². The summed E-state index contributed by atoms with van der Waals surface area (Å²) in [7, 11) is 0. The van der Waals surface area contributed by atoms with E-state index >= 15 is 0 Å². The van der Waals surface area contributed by atoms with E-state index < -0.39 is 52.0 Å². The van der Waals surface area contributed by atoms with E-state index in [2.05, 4.69) is 10.2 Å². The normalized spacial score (nSPS) is 11.9. The van der Waals surface area contributed by atoms with Crippen molar-refractivity contribution in [1.82, 2.24) is 15.1 Å². The van der Waals surface area contributed by atoms with Gasteiger partial charge in [0.1, 0.15) is 11.6 Å². The van der Waals surface area contributed by atoms with Crippen LogP contribution in [0, 0.1) is 23.3 Å². The van der Waals surface area contributed by atoms with E-state index in [0.717, 1.165) is 24.4 Å². The molecule has 0 aliphatic rings. The Morgan fingerprint density at radius 2 is 1.82 bits per heavy atom. The van der Waals surface area contributed by atoms with Crippen molar-refractivity contribution in [2.45, 2.75) is 25.7 Å². The third-order valence-electron chi connectivity index (χ3n) is 5.19. The largest absolute Gasteiger partial charge is 0.502 e. The number of hydrogen-bond acceptors (Lipinski definition) is 4. The maximum atomic E-state index is 14.6. The highest BCUT2D eigenvalue weighted by molar-refractivity contribution is 5.94. The van der Waals surface area contributed by atoms with Gasteiger partial charge in [0.15, 0.2) is 23.1 Å². The molecule has 2 N–H and O–H groups in total. The Balaban J connectivity index is 1.95. The van der Waals surface area contributed by atoms with Crippen LogP contribution >= 0.6 is 0 Å². The predicted octanol–water partition coefficient (Wildman–Crippen LogP) is 4.11. The number of hydrogen-bond donors (Lipinski definition) is 2. The van der Waals surface area contributed by atoms with Gasteiger partial charge in [-0.15, -0.1) is 0 Å². The van der Waals surface area contributed by atoms with E-state index in [-0.39, 0.29) is 30.6 Å². The quantitative estimate of drug-likeness (QED) is 0.493. The summed E-state index contributed by atoms with van der Waals surface area (Å²) in [6.07, 6.45) is 1.41. The van der Waals surface area contributed by atoms with Gasteiger partial charge in [-0.05, 0) is 42.2 Å². The minimum atomic E-state index is -1.13. The van der Waals surface area contributed by atoms with Gasteiger partial charge in [-0.2, -0.15) is 5.10 Å². The fourth-order valence-electron chi connectivity index (χ4n) is 3.58. The monoisotopic (exact) mass is 463 g/mol. The molecule has 1 aromatic heterocycles. The van der Waals surface area contributed by atoms with Gasteiger partial charge in [-0.1, -0.05) is 19.1 Å². The molecule has 0 aliphatic heterocycles. The number of aromatic amines is 1. The molecule has 3 rings (SSSR count). The van der Waals surface area contributed by atoms with Crippen molar-refractivity contribution >= 4 is 5.91 Å². The van der Waals surface area contributed by atoms with E-state index in [1.165, 1.54) is 17.0 Å². The van der Waals surface area contributed by atoms with Crippen LogP contribution < -0.4 is 5.43 Å². The van der Waals surface area contributed by atoms with Gasteiger partial charge < -0.3 is 10.0 Å². The van der Waals surface area contributed by atoms with Crippen LogP contribution in [-0.2, 0) is 0 Å². The molecule has 2 aromatic carbocycles. The van der Waals surface area contributed by atoms with Gasteiger partial charge in [0, 0.05) is 25.1 Å². The molecule has 0 bridgehead atoms. The molecule has 1 heterocycles. The summed E-state index contributed by atoms with van der Waals surface area (Å²) in [5, 5.41) is 15.8. The van der Waals surface area contributed by atoms with Crippen LogP contribution in [0.2, 0.25) is 0 Å². The average Bonchev–Trinajstić information content (AvgIpc) is 2.78. The molecule has 10 heteroatoms. The Kier molecular flexibility index (Phi) is 7.47. The van der Waals surface area contributed by atoms with Gasteiger partial charge in [0.2, 0.25) is 5.43 Å². The third-order valence-corrected chi connectivity index (χ3v) is 5.19. The zero-order chi connectivity index (χ0) is 24.1. The summed E-state index contributed by atoms with van der Waals surface area (Å²) < 4.78 is 55.4. The molecule has 0 aliphatic carbocycles. The molecule has 0 saturated heterocycles. The predicted molar refractivity (Wildman–Crippen MR) is 112 cm³/mol. The summed E-state index contributed by atoms with van der Waals surface area (Å²) in [4.78, 5) is 25.9. The van der Waals surface area contributed by atoms with Crippen molar-refractivity contribution in [2.75, 3.05) is 13.1 Å². The summed E-state index contributed by atoms with van der Waals surface area (Å²) in [6.45, 7) is 2.04. The van der Waals surface area contributed by atoms with Crippen LogP contribution in [0.25, 0.3) is 0 Å². The summed E-state index contributed by atoms with van der Waals surface area (Å²) in [5.74, 6) is -6.18. The maximum Gasteiger partial charge on any atom is 0.275 e. The average molecular weight is 463 g/mol. The van der Waals surface area contributed by atoms with Gasteiger partial charge >= 0.3 is 0 Å². The molecular weight excluding hydrogens is 442 g/mol. The van der Waals surface area contributed by atoms with Gasteiger partial charge in [0.05, 0.1) is 6.20 Å². The number of H-pyrrole nitrogens is 1. The van der Waals surface area contributed by atoms with Crippen LogP contribution in [0.4, 0.5) is 17.6 Å². The zero-order valence-corrected chi connectivity index (χ0v) is 17.6. The third kappa shape index (κ3) is 5.39. The standard InChI is InChI=1S/C23H21F4N3O3/c1-2-8-30(23(33)21-22(32)20(31)12-28-29-21)9-7-15(13-3-6-17(25)19(27)10-13)16-5-4-14(24)11-18(16)26/h3-6,10-12,15H,2,7-9H2,1H3,(H,28,32)(H,29,31). The summed E-state index contributed by atoms with van der Waals surface area (Å²) in [6, 6.07) is 6.09. The molecular formula is C23H21F4N3O3. The minimum absolute atomic E-state index is 0.00349. The second kappa shape index (κ2) is 10.3. The number of aromatic hydroxyl groups is 1. The molecule has 174 valence electrons. The highest BCUT2D eigenvalue weighted by Gasteiger charge is 2.25. The second-order valence-electron chi connectivity index (χ2n) is 7.43. The van der Waals surface area contributed by atoms with Crippen LogP contribution in [0.5, 0.6) is 5.75 Å². The van der Waals surface area contributed by atoms with Crippen LogP contribution in [-0.4, -0.2) is 39.2 Å². The fourth-order valence-corrected chi connectivity index (χ4v) is 3.58. The molecule has 33 heavy (non-hydrogen) atoms. The number of nitrogens with one attached hydrogen (secondary N) is 1. The van der Waals surface area contributed by atoms with Gasteiger partial charge in [-0.3, -0.25) is 14.7 Å². The van der Waals surface area contributed by atoms with Crippen molar-refractivity contribution in [2.24, 2.45) is 0 Å². The van der Waals surface area contributed by atoms with Crippen LogP contribution in [0.3, 0.4) is 0 Å². The molecule has 0 spiro atoms. The lowest BCUT2D eigenvalue weighted by Gasteiger charge is -2.26. The fraction of sp³-hybridized carbons (Fsp3) is 0.261. The number of aromatic nitrogens is 2. The number of halogens is 4. The van der Waals surface area contributed by atoms with Crippen molar-refractivity contribution in [1.29, 1.82) is 0 Å². The molecule has 0 fully saturated rings. The first kappa shape index (κ1) is 24.0. The van der Waals surface area contributed by atoms with E-state index in [9.17, 15) is 32.3 Å². The first-order valence-electron chi connectivity index (χ1n) is 10.2. The number of carbonyl (C=O) groups excluding carboxylic acids is 1. The van der Waals surface area contributed by atoms with Crippen LogP contribution in [0.15, 0.2) is 47.4 Å². The Bertz CT molecular complexity index is 1220. The number of nitrogens with zero attached hydrogens (tertiary/aromatic N) is 2. The lowest BCUT2D eigenvalue weighted by molar-refractivity contribution is 0.0740.